The highest BCUT2D eigenvalue weighted by Crippen LogP contribution is 2.43. The molecule has 3 atom stereocenters. The van der Waals surface area contributed by atoms with Crippen LogP contribution in [0.4, 0.5) is 8.78 Å². The lowest BCUT2D eigenvalue weighted by Crippen LogP contribution is -2.47. The van der Waals surface area contributed by atoms with Crippen LogP contribution in [0.25, 0.3) is 0 Å². The minimum atomic E-state index is -0.466. The second-order valence-electron chi connectivity index (χ2n) is 8.49. The van der Waals surface area contributed by atoms with Crippen molar-refractivity contribution in [1.29, 1.82) is 0 Å². The Morgan fingerprint density at radius 1 is 1.06 bits per heavy atom. The molecule has 0 radical (unpaired) electrons. The number of rotatable bonds is 4. The van der Waals surface area contributed by atoms with Gasteiger partial charge in [0.15, 0.2) is 0 Å². The van der Waals surface area contributed by atoms with Crippen molar-refractivity contribution in [2.24, 2.45) is 5.92 Å². The number of fused-ring (bicyclic) bond motifs is 1. The van der Waals surface area contributed by atoms with Crippen LogP contribution in [0.1, 0.15) is 33.8 Å². The van der Waals surface area contributed by atoms with E-state index in [1.807, 2.05) is 11.0 Å². The number of likely N-dealkylation sites (tertiary alicyclic amines) is 2. The highest BCUT2D eigenvalue weighted by atomic mass is 32.1. The monoisotopic (exact) mass is 438 g/mol. The van der Waals surface area contributed by atoms with Crippen LogP contribution < -0.4 is 0 Å². The van der Waals surface area contributed by atoms with Crippen LogP contribution in [-0.4, -0.2) is 41.4 Å². The lowest BCUT2D eigenvalue weighted by atomic mass is 9.82. The Labute approximate surface area is 184 Å². The summed E-state index contributed by atoms with van der Waals surface area (Å²) in [6, 6.07) is 15.2. The molecule has 0 spiro atoms. The zero-order valence-corrected chi connectivity index (χ0v) is 17.9. The molecule has 6 heteroatoms. The van der Waals surface area contributed by atoms with Gasteiger partial charge in [0.25, 0.3) is 5.91 Å². The summed E-state index contributed by atoms with van der Waals surface area (Å²) < 4.78 is 28.0. The average Bonchev–Trinajstić information content (AvgIpc) is 3.41. The highest BCUT2D eigenvalue weighted by molar-refractivity contribution is 7.08. The van der Waals surface area contributed by atoms with E-state index < -0.39 is 5.82 Å². The zero-order valence-electron chi connectivity index (χ0n) is 17.1. The highest BCUT2D eigenvalue weighted by Gasteiger charge is 2.47. The minimum absolute atomic E-state index is 0.0840. The van der Waals surface area contributed by atoms with Crippen LogP contribution in [0.3, 0.4) is 0 Å². The molecule has 0 unspecified atom stereocenters. The second-order valence-corrected chi connectivity index (χ2v) is 9.27. The zero-order chi connectivity index (χ0) is 21.4. The maximum absolute atomic E-state index is 14.3. The van der Waals surface area contributed by atoms with Gasteiger partial charge in [0.2, 0.25) is 0 Å². The summed E-state index contributed by atoms with van der Waals surface area (Å²) in [6.45, 7) is 2.96. The van der Waals surface area contributed by atoms with E-state index >= 15 is 0 Å². The number of amides is 1. The van der Waals surface area contributed by atoms with Crippen molar-refractivity contribution in [3.05, 3.63) is 93.7 Å². The summed E-state index contributed by atoms with van der Waals surface area (Å²) in [6.07, 6.45) is 0.834. The number of piperidine rings is 1. The van der Waals surface area contributed by atoms with Crippen LogP contribution >= 0.6 is 11.3 Å². The van der Waals surface area contributed by atoms with Gasteiger partial charge in [-0.2, -0.15) is 11.3 Å². The van der Waals surface area contributed by atoms with E-state index in [4.69, 9.17) is 0 Å². The first-order valence-electron chi connectivity index (χ1n) is 10.6. The van der Waals surface area contributed by atoms with Gasteiger partial charge in [-0.05, 0) is 58.6 Å². The molecule has 0 bridgehead atoms. The lowest BCUT2D eigenvalue weighted by Gasteiger charge is -2.39. The van der Waals surface area contributed by atoms with Gasteiger partial charge in [0.1, 0.15) is 11.6 Å². The molecule has 2 aromatic carbocycles. The van der Waals surface area contributed by atoms with E-state index in [2.05, 4.69) is 21.7 Å². The van der Waals surface area contributed by atoms with E-state index in [0.717, 1.165) is 25.1 Å². The van der Waals surface area contributed by atoms with Gasteiger partial charge in [0.05, 0.1) is 5.56 Å². The van der Waals surface area contributed by atoms with E-state index in [-0.39, 0.29) is 35.2 Å². The summed E-state index contributed by atoms with van der Waals surface area (Å²) in [5.41, 5.74) is 2.36. The number of benzene rings is 2. The topological polar surface area (TPSA) is 23.6 Å². The fourth-order valence-electron chi connectivity index (χ4n) is 5.20. The average molecular weight is 439 g/mol. The van der Waals surface area contributed by atoms with Gasteiger partial charge in [-0.3, -0.25) is 9.69 Å². The maximum Gasteiger partial charge on any atom is 0.257 e. The number of hydrogen-bond acceptors (Lipinski definition) is 3. The Kier molecular flexibility index (Phi) is 5.59. The van der Waals surface area contributed by atoms with Crippen molar-refractivity contribution in [2.45, 2.75) is 24.9 Å². The van der Waals surface area contributed by atoms with Gasteiger partial charge in [-0.25, -0.2) is 8.78 Å². The third kappa shape index (κ3) is 4.02. The number of thiophene rings is 1. The fourth-order valence-corrected chi connectivity index (χ4v) is 5.93. The molecule has 2 saturated heterocycles. The van der Waals surface area contributed by atoms with Gasteiger partial charge in [-0.1, -0.05) is 24.3 Å². The first-order chi connectivity index (χ1) is 15.1. The maximum atomic E-state index is 14.3. The van der Waals surface area contributed by atoms with Gasteiger partial charge in [0, 0.05) is 44.1 Å². The Morgan fingerprint density at radius 3 is 2.71 bits per heavy atom. The number of halogens is 2. The van der Waals surface area contributed by atoms with Crippen LogP contribution in [0, 0.1) is 17.6 Å². The van der Waals surface area contributed by atoms with E-state index in [0.29, 0.717) is 13.1 Å². The second kappa shape index (κ2) is 8.52. The molecule has 1 amide bonds. The first kappa shape index (κ1) is 20.3. The summed E-state index contributed by atoms with van der Waals surface area (Å²) in [4.78, 5) is 17.5. The normalized spacial score (nSPS) is 23.7. The van der Waals surface area contributed by atoms with Gasteiger partial charge < -0.3 is 4.90 Å². The first-order valence-corrected chi connectivity index (χ1v) is 11.6. The predicted molar refractivity (Wildman–Crippen MR) is 118 cm³/mol. The Morgan fingerprint density at radius 2 is 1.94 bits per heavy atom. The van der Waals surface area contributed by atoms with E-state index in [1.54, 1.807) is 41.7 Å². The van der Waals surface area contributed by atoms with Crippen molar-refractivity contribution in [3.8, 4) is 0 Å². The molecule has 160 valence electrons. The molecule has 3 nitrogen and oxygen atoms in total. The van der Waals surface area contributed by atoms with Crippen LogP contribution in [0.5, 0.6) is 0 Å². The van der Waals surface area contributed by atoms with E-state index in [9.17, 15) is 13.6 Å². The Balaban J connectivity index is 1.40. The van der Waals surface area contributed by atoms with Gasteiger partial charge >= 0.3 is 0 Å². The third-order valence-electron chi connectivity index (χ3n) is 6.65. The molecule has 0 saturated carbocycles. The van der Waals surface area contributed by atoms with Crippen molar-refractivity contribution in [2.75, 3.05) is 19.6 Å². The molecule has 31 heavy (non-hydrogen) atoms. The SMILES string of the molecule is O=C(c1ccccc1F)N1C[C@H](c2ccsc2)[C@H]2CN(Cc3cccc(F)c3)CC[C@H]21. The largest absolute Gasteiger partial charge is 0.335 e. The number of carbonyl (C=O) groups is 1. The van der Waals surface area contributed by atoms with E-state index in [1.165, 1.54) is 17.7 Å². The number of nitrogens with zero attached hydrogens (tertiary/aromatic N) is 2. The summed E-state index contributed by atoms with van der Waals surface area (Å²) in [5.74, 6) is -0.406. The number of carbonyl (C=O) groups excluding carboxylic acids is 1. The van der Waals surface area contributed by atoms with Crippen molar-refractivity contribution >= 4 is 17.2 Å². The fraction of sp³-hybridized carbons (Fsp3) is 0.320. The van der Waals surface area contributed by atoms with Crippen molar-refractivity contribution in [3.63, 3.8) is 0 Å². The molecular weight excluding hydrogens is 414 g/mol. The molecule has 0 N–H and O–H groups in total. The van der Waals surface area contributed by atoms with Crippen molar-refractivity contribution < 1.29 is 13.6 Å². The van der Waals surface area contributed by atoms with Crippen LogP contribution in [0.15, 0.2) is 65.4 Å². The van der Waals surface area contributed by atoms with Crippen LogP contribution in [-0.2, 0) is 6.54 Å². The standard InChI is InChI=1S/C25H24F2N2OS/c26-19-5-3-4-17(12-19)13-28-10-8-24-22(14-28)21(18-9-11-31-16-18)15-29(24)25(30)20-6-1-2-7-23(20)27/h1-7,9,11-12,16,21-22,24H,8,10,13-15H2/t21-,22-,24-/m1/s1. The smallest absolute Gasteiger partial charge is 0.257 e. The molecule has 3 heterocycles. The molecule has 0 aliphatic carbocycles. The quantitative estimate of drug-likeness (QED) is 0.562. The summed E-state index contributed by atoms with van der Waals surface area (Å²) >= 11 is 1.66. The Hall–Kier alpha value is -2.57. The molecule has 5 rings (SSSR count). The Bertz CT molecular complexity index is 1070. The molecule has 2 aliphatic rings. The number of hydrogen-bond donors (Lipinski definition) is 0. The molecular formula is C25H24F2N2OS. The summed E-state index contributed by atoms with van der Waals surface area (Å²) in [7, 11) is 0. The third-order valence-corrected chi connectivity index (χ3v) is 7.35. The molecule has 1 aromatic heterocycles. The van der Waals surface area contributed by atoms with Crippen LogP contribution in [0.2, 0.25) is 0 Å². The molecule has 2 fully saturated rings. The van der Waals surface area contributed by atoms with Gasteiger partial charge in [-0.15, -0.1) is 0 Å². The summed E-state index contributed by atoms with van der Waals surface area (Å²) in [5, 5.41) is 4.23. The molecule has 2 aliphatic heterocycles. The van der Waals surface area contributed by atoms with Crippen molar-refractivity contribution in [1.82, 2.24) is 9.80 Å². The molecule has 3 aromatic rings. The lowest BCUT2D eigenvalue weighted by molar-refractivity contribution is 0.0609. The predicted octanol–water partition coefficient (Wildman–Crippen LogP) is 5.16. The minimum Gasteiger partial charge on any atom is -0.335 e.